The Balaban J connectivity index is 2.62. The Labute approximate surface area is 91.5 Å². The molecule has 0 unspecified atom stereocenters. The first kappa shape index (κ1) is 12.6. The van der Waals surface area contributed by atoms with E-state index in [0.717, 1.165) is 12.1 Å². The molecule has 16 heavy (non-hydrogen) atoms. The van der Waals surface area contributed by atoms with E-state index in [1.54, 1.807) is 0 Å². The molecule has 0 bridgehead atoms. The first-order valence-electron chi connectivity index (χ1n) is 4.79. The van der Waals surface area contributed by atoms with Gasteiger partial charge in [-0.25, -0.2) is 0 Å². The Bertz CT molecular complexity index is 359. The fourth-order valence-electron chi connectivity index (χ4n) is 1.25. The smallest absolute Gasteiger partial charge is 0.469 e. The highest BCUT2D eigenvalue weighted by Gasteiger charge is 2.24. The third-order valence-corrected chi connectivity index (χ3v) is 2.20. The summed E-state index contributed by atoms with van der Waals surface area (Å²) in [6, 6.07) is 4.83. The quantitative estimate of drug-likeness (QED) is 0.583. The summed E-state index contributed by atoms with van der Waals surface area (Å²) in [6.07, 6.45) is 0.560. The molecular formula is C10H11BF3O2-. The Kier molecular flexibility index (Phi) is 3.98. The predicted molar refractivity (Wildman–Crippen MR) is 55.5 cm³/mol. The summed E-state index contributed by atoms with van der Waals surface area (Å²) in [4.78, 5) is 10.8. The normalized spacial score (nSPS) is 11.2. The second kappa shape index (κ2) is 5.05. The molecule has 0 aliphatic rings. The van der Waals surface area contributed by atoms with Crippen molar-refractivity contribution in [2.45, 2.75) is 12.8 Å². The number of carbonyl (C=O) groups is 1. The van der Waals surface area contributed by atoms with Crippen LogP contribution in [0, 0.1) is 0 Å². The van der Waals surface area contributed by atoms with Gasteiger partial charge in [-0.15, -0.1) is 5.46 Å². The van der Waals surface area contributed by atoms with E-state index in [2.05, 4.69) is 4.74 Å². The maximum absolute atomic E-state index is 12.3. The molecule has 1 rings (SSSR count). The molecule has 1 aromatic rings. The third-order valence-electron chi connectivity index (χ3n) is 2.20. The zero-order chi connectivity index (χ0) is 12.2. The summed E-state index contributed by atoms with van der Waals surface area (Å²) in [6.45, 7) is -4.94. The van der Waals surface area contributed by atoms with Crippen molar-refractivity contribution >= 4 is 18.4 Å². The van der Waals surface area contributed by atoms with Crippen molar-refractivity contribution < 1.29 is 22.5 Å². The van der Waals surface area contributed by atoms with Crippen molar-refractivity contribution in [3.8, 4) is 0 Å². The van der Waals surface area contributed by atoms with Gasteiger partial charge in [-0.1, -0.05) is 24.3 Å². The van der Waals surface area contributed by atoms with Crippen LogP contribution in [0.25, 0.3) is 0 Å². The lowest BCUT2D eigenvalue weighted by Gasteiger charge is -2.14. The molecule has 2 nitrogen and oxygen atoms in total. The van der Waals surface area contributed by atoms with Gasteiger partial charge in [0, 0.05) is 6.42 Å². The van der Waals surface area contributed by atoms with E-state index in [1.165, 1.54) is 19.2 Å². The summed E-state index contributed by atoms with van der Waals surface area (Å²) < 4.78 is 41.3. The Morgan fingerprint density at radius 3 is 2.25 bits per heavy atom. The minimum absolute atomic E-state index is 0.174. The average molecular weight is 231 g/mol. The Morgan fingerprint density at radius 2 is 1.81 bits per heavy atom. The first-order valence-corrected chi connectivity index (χ1v) is 4.79. The number of rotatable bonds is 4. The molecule has 0 spiro atoms. The predicted octanol–water partition coefficient (Wildman–Crippen LogP) is 1.85. The number of aryl methyl sites for hydroxylation is 1. The summed E-state index contributed by atoms with van der Waals surface area (Å²) in [5, 5.41) is 0. The van der Waals surface area contributed by atoms with E-state index in [0.29, 0.717) is 12.0 Å². The molecule has 0 atom stereocenters. The van der Waals surface area contributed by atoms with Gasteiger partial charge in [0.1, 0.15) is 0 Å². The number of hydrogen-bond donors (Lipinski definition) is 0. The SMILES string of the molecule is COC(=O)CCc1ccc([B-](F)(F)F)cc1. The number of halogens is 3. The van der Waals surface area contributed by atoms with Crippen LogP contribution in [0.2, 0.25) is 0 Å². The average Bonchev–Trinajstić information content (AvgIpc) is 2.25. The highest BCUT2D eigenvalue weighted by Crippen LogP contribution is 2.10. The van der Waals surface area contributed by atoms with E-state index in [4.69, 9.17) is 0 Å². The van der Waals surface area contributed by atoms with E-state index >= 15 is 0 Å². The number of carbonyl (C=O) groups excluding carboxylic acids is 1. The van der Waals surface area contributed by atoms with Crippen molar-refractivity contribution in [1.82, 2.24) is 0 Å². The molecule has 1 aromatic carbocycles. The number of hydrogen-bond acceptors (Lipinski definition) is 2. The van der Waals surface area contributed by atoms with Gasteiger partial charge in [-0.2, -0.15) is 0 Å². The Morgan fingerprint density at radius 1 is 1.25 bits per heavy atom. The minimum Gasteiger partial charge on any atom is -0.469 e. The molecule has 0 fully saturated rings. The van der Waals surface area contributed by atoms with Gasteiger partial charge in [0.25, 0.3) is 0 Å². The fourth-order valence-corrected chi connectivity index (χ4v) is 1.25. The number of benzene rings is 1. The molecular weight excluding hydrogens is 220 g/mol. The maximum atomic E-state index is 12.3. The topological polar surface area (TPSA) is 26.3 Å². The van der Waals surface area contributed by atoms with Gasteiger partial charge in [-0.05, 0) is 12.0 Å². The van der Waals surface area contributed by atoms with Gasteiger partial charge in [0.15, 0.2) is 0 Å². The van der Waals surface area contributed by atoms with Crippen molar-refractivity contribution in [3.05, 3.63) is 29.8 Å². The molecule has 0 aliphatic carbocycles. The van der Waals surface area contributed by atoms with Crippen LogP contribution >= 0.6 is 0 Å². The number of ether oxygens (including phenoxy) is 1. The van der Waals surface area contributed by atoms with Crippen molar-refractivity contribution in [3.63, 3.8) is 0 Å². The van der Waals surface area contributed by atoms with E-state index in [9.17, 15) is 17.7 Å². The molecule has 0 N–H and O–H groups in total. The highest BCUT2D eigenvalue weighted by molar-refractivity contribution is 6.73. The van der Waals surface area contributed by atoms with E-state index in [1.807, 2.05) is 0 Å². The van der Waals surface area contributed by atoms with Crippen LogP contribution in [-0.2, 0) is 16.0 Å². The molecule has 0 aliphatic heterocycles. The molecule has 6 heteroatoms. The van der Waals surface area contributed by atoms with Gasteiger partial charge in [-0.3, -0.25) is 4.79 Å². The standard InChI is InChI=1S/C10H11BF3O2/c1-16-10(15)7-4-8-2-5-9(6-3-8)11(12,13)14/h2-3,5-6H,4,7H2,1H3/q-1. The lowest BCUT2D eigenvalue weighted by Crippen LogP contribution is -2.33. The zero-order valence-electron chi connectivity index (χ0n) is 8.75. The highest BCUT2D eigenvalue weighted by atomic mass is 19.4. The summed E-state index contributed by atoms with van der Waals surface area (Å²) in [7, 11) is 1.28. The Hall–Kier alpha value is -1.46. The molecule has 88 valence electrons. The fraction of sp³-hybridized carbons (Fsp3) is 0.300. The first-order chi connectivity index (χ1) is 7.43. The third kappa shape index (κ3) is 3.60. The van der Waals surface area contributed by atoms with Gasteiger partial charge < -0.3 is 17.7 Å². The second-order valence-electron chi connectivity index (χ2n) is 3.39. The lowest BCUT2D eigenvalue weighted by molar-refractivity contribution is -0.140. The molecule has 0 heterocycles. The van der Waals surface area contributed by atoms with Crippen LogP contribution in [0.1, 0.15) is 12.0 Å². The monoisotopic (exact) mass is 231 g/mol. The van der Waals surface area contributed by atoms with Gasteiger partial charge in [0.2, 0.25) is 0 Å². The summed E-state index contributed by atoms with van der Waals surface area (Å²) in [5.41, 5.74) is 0.0658. The van der Waals surface area contributed by atoms with Crippen LogP contribution in [0.15, 0.2) is 24.3 Å². The molecule has 0 radical (unpaired) electrons. The van der Waals surface area contributed by atoms with Gasteiger partial charge in [0.05, 0.1) is 7.11 Å². The van der Waals surface area contributed by atoms with Crippen molar-refractivity contribution in [1.29, 1.82) is 0 Å². The maximum Gasteiger partial charge on any atom is 0.509 e. The largest absolute Gasteiger partial charge is 0.509 e. The minimum atomic E-state index is -4.94. The van der Waals surface area contributed by atoms with Crippen molar-refractivity contribution in [2.75, 3.05) is 7.11 Å². The molecule has 0 amide bonds. The van der Waals surface area contributed by atoms with Crippen LogP contribution in [0.5, 0.6) is 0 Å². The second-order valence-corrected chi connectivity index (χ2v) is 3.39. The summed E-state index contributed by atoms with van der Waals surface area (Å²) >= 11 is 0. The van der Waals surface area contributed by atoms with Crippen LogP contribution < -0.4 is 5.46 Å². The van der Waals surface area contributed by atoms with E-state index in [-0.39, 0.29) is 12.4 Å². The summed E-state index contributed by atoms with van der Waals surface area (Å²) in [5.74, 6) is -0.371. The molecule has 0 saturated heterocycles. The van der Waals surface area contributed by atoms with Crippen LogP contribution in [-0.4, -0.2) is 20.1 Å². The van der Waals surface area contributed by atoms with Crippen LogP contribution in [0.3, 0.4) is 0 Å². The molecule has 0 saturated carbocycles. The lowest BCUT2D eigenvalue weighted by atomic mass is 9.80. The van der Waals surface area contributed by atoms with Crippen molar-refractivity contribution in [2.24, 2.45) is 0 Å². The van der Waals surface area contributed by atoms with E-state index < -0.39 is 12.4 Å². The van der Waals surface area contributed by atoms with Gasteiger partial charge >= 0.3 is 12.9 Å². The molecule has 0 aromatic heterocycles. The van der Waals surface area contributed by atoms with Crippen LogP contribution in [0.4, 0.5) is 12.9 Å². The zero-order valence-corrected chi connectivity index (χ0v) is 8.75. The number of esters is 1. The number of methoxy groups -OCH3 is 1.